The van der Waals surface area contributed by atoms with E-state index in [1.54, 1.807) is 0 Å². The van der Waals surface area contributed by atoms with Gasteiger partial charge < -0.3 is 15.0 Å². The van der Waals surface area contributed by atoms with Gasteiger partial charge in [0.05, 0.1) is 18.8 Å². The van der Waals surface area contributed by atoms with Gasteiger partial charge in [-0.1, -0.05) is 18.6 Å². The minimum Gasteiger partial charge on any atom is -0.490 e. The Morgan fingerprint density at radius 3 is 2.88 bits per heavy atom. The lowest BCUT2D eigenvalue weighted by atomic mass is 9.84. The highest BCUT2D eigenvalue weighted by molar-refractivity contribution is 5.96. The number of hydrogen-bond donors (Lipinski definition) is 2. The highest BCUT2D eigenvalue weighted by Gasteiger charge is 2.42. The van der Waals surface area contributed by atoms with Gasteiger partial charge in [0.2, 0.25) is 5.91 Å². The minimum atomic E-state index is -0.383. The third-order valence-corrected chi connectivity index (χ3v) is 6.21. The molecule has 0 radical (unpaired) electrons. The van der Waals surface area contributed by atoms with Crippen LogP contribution in [-0.4, -0.2) is 37.7 Å². The van der Waals surface area contributed by atoms with Crippen LogP contribution in [-0.2, 0) is 4.79 Å². The van der Waals surface area contributed by atoms with E-state index in [0.29, 0.717) is 19.1 Å². The first kappa shape index (κ1) is 17.2. The van der Waals surface area contributed by atoms with Crippen LogP contribution in [0.25, 0.3) is 0 Å². The molecule has 1 aromatic rings. The number of hydrogen-bond acceptors (Lipinski definition) is 4. The Balaban J connectivity index is 1.28. The molecule has 140 valence electrons. The number of carbonyl (C=O) groups excluding carboxylic acids is 2. The molecule has 0 saturated heterocycles. The Kier molecular flexibility index (Phi) is 4.74. The molecule has 6 heteroatoms. The SMILES string of the molecule is C[C@@H](NC(=O)NC(=O)CN1CCOc2ccccc21)[C@H]1C[C@H]2CC[C@H]1C2. The zero-order valence-electron chi connectivity index (χ0n) is 15.2. The number of ether oxygens (including phenoxy) is 1. The smallest absolute Gasteiger partial charge is 0.321 e. The molecule has 0 aromatic heterocycles. The molecule has 6 nitrogen and oxygen atoms in total. The largest absolute Gasteiger partial charge is 0.490 e. The Hall–Kier alpha value is -2.24. The van der Waals surface area contributed by atoms with E-state index in [1.807, 2.05) is 29.2 Å². The van der Waals surface area contributed by atoms with Crippen LogP contribution >= 0.6 is 0 Å². The molecule has 1 heterocycles. The van der Waals surface area contributed by atoms with Gasteiger partial charge in [-0.2, -0.15) is 0 Å². The van der Waals surface area contributed by atoms with Gasteiger partial charge in [-0.15, -0.1) is 0 Å². The summed E-state index contributed by atoms with van der Waals surface area (Å²) in [4.78, 5) is 26.5. The molecule has 2 fully saturated rings. The molecule has 1 aliphatic heterocycles. The number of fused-ring (bicyclic) bond motifs is 3. The van der Waals surface area contributed by atoms with Gasteiger partial charge in [-0.3, -0.25) is 10.1 Å². The lowest BCUT2D eigenvalue weighted by molar-refractivity contribution is -0.118. The summed E-state index contributed by atoms with van der Waals surface area (Å²) >= 11 is 0. The van der Waals surface area contributed by atoms with Gasteiger partial charge in [-0.25, -0.2) is 4.79 Å². The number of para-hydroxylation sites is 2. The molecule has 0 unspecified atom stereocenters. The minimum absolute atomic E-state index is 0.113. The zero-order valence-corrected chi connectivity index (χ0v) is 15.2. The Labute approximate surface area is 154 Å². The van der Waals surface area contributed by atoms with E-state index in [2.05, 4.69) is 17.6 Å². The normalized spacial score (nSPS) is 27.4. The Morgan fingerprint density at radius 2 is 2.12 bits per heavy atom. The van der Waals surface area contributed by atoms with Gasteiger partial charge in [0, 0.05) is 6.04 Å². The monoisotopic (exact) mass is 357 g/mol. The molecule has 3 aliphatic rings. The van der Waals surface area contributed by atoms with E-state index >= 15 is 0 Å². The molecule has 4 atom stereocenters. The lowest BCUT2D eigenvalue weighted by Gasteiger charge is -2.31. The lowest BCUT2D eigenvalue weighted by Crippen LogP contribution is -2.50. The quantitative estimate of drug-likeness (QED) is 0.869. The first-order chi connectivity index (χ1) is 12.6. The number of amides is 3. The molecule has 1 aromatic carbocycles. The van der Waals surface area contributed by atoms with E-state index in [4.69, 9.17) is 4.74 Å². The van der Waals surface area contributed by atoms with Crippen LogP contribution in [0.15, 0.2) is 24.3 Å². The summed E-state index contributed by atoms with van der Waals surface area (Å²) in [5, 5.41) is 5.46. The molecule has 2 N–H and O–H groups in total. The van der Waals surface area contributed by atoms with Crippen LogP contribution in [0.4, 0.5) is 10.5 Å². The molecule has 3 amide bonds. The summed E-state index contributed by atoms with van der Waals surface area (Å²) in [5.41, 5.74) is 0.893. The number of nitrogens with zero attached hydrogens (tertiary/aromatic N) is 1. The van der Waals surface area contributed by atoms with Gasteiger partial charge in [0.15, 0.2) is 0 Å². The second-order valence-corrected chi connectivity index (χ2v) is 7.89. The van der Waals surface area contributed by atoms with Crippen LogP contribution < -0.4 is 20.3 Å². The number of anilines is 1. The summed E-state index contributed by atoms with van der Waals surface area (Å²) in [7, 11) is 0. The highest BCUT2D eigenvalue weighted by Crippen LogP contribution is 2.49. The van der Waals surface area contributed by atoms with Crippen LogP contribution in [0.1, 0.15) is 32.6 Å². The second-order valence-electron chi connectivity index (χ2n) is 7.89. The van der Waals surface area contributed by atoms with E-state index in [-0.39, 0.29) is 24.5 Å². The van der Waals surface area contributed by atoms with Gasteiger partial charge in [-0.05, 0) is 56.1 Å². The van der Waals surface area contributed by atoms with Crippen molar-refractivity contribution in [3.63, 3.8) is 0 Å². The van der Waals surface area contributed by atoms with Crippen molar-refractivity contribution >= 4 is 17.6 Å². The van der Waals surface area contributed by atoms with E-state index in [1.165, 1.54) is 25.7 Å². The molecular weight excluding hydrogens is 330 g/mol. The average molecular weight is 357 g/mol. The van der Waals surface area contributed by atoms with Crippen LogP contribution in [0.2, 0.25) is 0 Å². The summed E-state index contributed by atoms with van der Waals surface area (Å²) in [6, 6.07) is 7.38. The topological polar surface area (TPSA) is 70.7 Å². The van der Waals surface area contributed by atoms with Crippen molar-refractivity contribution in [3.05, 3.63) is 24.3 Å². The van der Waals surface area contributed by atoms with Crippen molar-refractivity contribution in [2.75, 3.05) is 24.6 Å². The fourth-order valence-corrected chi connectivity index (χ4v) is 4.99. The fourth-order valence-electron chi connectivity index (χ4n) is 4.99. The van der Waals surface area contributed by atoms with Crippen molar-refractivity contribution in [3.8, 4) is 5.75 Å². The van der Waals surface area contributed by atoms with Crippen molar-refractivity contribution in [1.82, 2.24) is 10.6 Å². The number of imide groups is 1. The number of rotatable bonds is 4. The van der Waals surface area contributed by atoms with Gasteiger partial charge in [0.25, 0.3) is 0 Å². The molecular formula is C20H27N3O3. The molecule has 26 heavy (non-hydrogen) atoms. The van der Waals surface area contributed by atoms with Crippen molar-refractivity contribution in [2.24, 2.45) is 17.8 Å². The second kappa shape index (κ2) is 7.17. The number of benzene rings is 1. The van der Waals surface area contributed by atoms with Crippen molar-refractivity contribution in [1.29, 1.82) is 0 Å². The zero-order chi connectivity index (χ0) is 18.1. The Morgan fingerprint density at radius 1 is 1.27 bits per heavy atom. The summed E-state index contributed by atoms with van der Waals surface area (Å²) in [6.07, 6.45) is 5.16. The molecule has 2 bridgehead atoms. The maximum Gasteiger partial charge on any atom is 0.321 e. The molecule has 2 saturated carbocycles. The highest BCUT2D eigenvalue weighted by atomic mass is 16.5. The van der Waals surface area contributed by atoms with Crippen LogP contribution in [0, 0.1) is 17.8 Å². The predicted molar refractivity (Wildman–Crippen MR) is 99.2 cm³/mol. The van der Waals surface area contributed by atoms with Crippen molar-refractivity contribution in [2.45, 2.75) is 38.6 Å². The number of nitrogens with one attached hydrogen (secondary N) is 2. The van der Waals surface area contributed by atoms with Crippen LogP contribution in [0.5, 0.6) is 5.75 Å². The van der Waals surface area contributed by atoms with Gasteiger partial charge in [0.1, 0.15) is 12.4 Å². The third kappa shape index (κ3) is 3.50. The van der Waals surface area contributed by atoms with E-state index in [0.717, 1.165) is 23.3 Å². The summed E-state index contributed by atoms with van der Waals surface area (Å²) in [5.74, 6) is 2.64. The molecule has 2 aliphatic carbocycles. The average Bonchev–Trinajstić information content (AvgIpc) is 3.25. The summed E-state index contributed by atoms with van der Waals surface area (Å²) < 4.78 is 5.60. The molecule has 4 rings (SSSR count). The summed E-state index contributed by atoms with van der Waals surface area (Å²) in [6.45, 7) is 3.38. The molecule has 0 spiro atoms. The fraction of sp³-hybridized carbons (Fsp3) is 0.600. The Bertz CT molecular complexity index is 693. The maximum absolute atomic E-state index is 12.3. The maximum atomic E-state index is 12.3. The third-order valence-electron chi connectivity index (χ3n) is 6.21. The van der Waals surface area contributed by atoms with Crippen LogP contribution in [0.3, 0.4) is 0 Å². The van der Waals surface area contributed by atoms with Gasteiger partial charge >= 0.3 is 6.03 Å². The van der Waals surface area contributed by atoms with E-state index < -0.39 is 0 Å². The number of urea groups is 1. The standard InChI is InChI=1S/C20H27N3O3/c1-13(16-11-14-6-7-15(16)10-14)21-20(25)22-19(24)12-23-8-9-26-18-5-3-2-4-17(18)23/h2-5,13-16H,6-12H2,1H3,(H2,21,22,24,25)/t13-,14+,15+,16-/m1/s1. The first-order valence-electron chi connectivity index (χ1n) is 9.67. The van der Waals surface area contributed by atoms with Crippen molar-refractivity contribution < 1.29 is 14.3 Å². The first-order valence-corrected chi connectivity index (χ1v) is 9.67. The van der Waals surface area contributed by atoms with E-state index in [9.17, 15) is 9.59 Å². The predicted octanol–water partition coefficient (Wildman–Crippen LogP) is 2.54. The number of carbonyl (C=O) groups is 2.